The molecule has 0 radical (unpaired) electrons. The Kier molecular flexibility index (Phi) is 3.31. The summed E-state index contributed by atoms with van der Waals surface area (Å²) in [6, 6.07) is 0. The van der Waals surface area contributed by atoms with Crippen LogP contribution in [0.15, 0.2) is 0 Å². The lowest BCUT2D eigenvalue weighted by molar-refractivity contribution is -0.0328. The van der Waals surface area contributed by atoms with Gasteiger partial charge in [-0.1, -0.05) is 0 Å². The average Bonchev–Trinajstić information content (AvgIpc) is 2.53. The van der Waals surface area contributed by atoms with Crippen molar-refractivity contribution in [2.75, 3.05) is 31.2 Å². The van der Waals surface area contributed by atoms with Gasteiger partial charge in [-0.15, -0.1) is 0 Å². The third kappa shape index (κ3) is 2.71. The number of hydrogen-bond donors (Lipinski definition) is 1. The summed E-state index contributed by atoms with van der Waals surface area (Å²) in [5.74, 6) is 0.0660. The fourth-order valence-corrected chi connectivity index (χ4v) is 4.34. The summed E-state index contributed by atoms with van der Waals surface area (Å²) in [5.41, 5.74) is -0.786. The van der Waals surface area contributed by atoms with E-state index in [0.717, 1.165) is 0 Å². The number of rotatable bonds is 3. The van der Waals surface area contributed by atoms with Crippen LogP contribution in [0.5, 0.6) is 0 Å². The fourth-order valence-electron chi connectivity index (χ4n) is 2.36. The van der Waals surface area contributed by atoms with Gasteiger partial charge in [0.2, 0.25) is 0 Å². The maximum absolute atomic E-state index is 11.7. The predicted octanol–water partition coefficient (Wildman–Crippen LogP) is -0.232. The summed E-state index contributed by atoms with van der Waals surface area (Å²) in [6.45, 7) is 0.996. The van der Waals surface area contributed by atoms with Crippen molar-refractivity contribution in [2.45, 2.75) is 24.9 Å². The third-order valence-corrected chi connectivity index (χ3v) is 5.13. The lowest BCUT2D eigenvalue weighted by Crippen LogP contribution is -2.50. The lowest BCUT2D eigenvalue weighted by Gasteiger charge is -2.37. The zero-order valence-corrected chi connectivity index (χ0v) is 10.4. The molecule has 2 aliphatic rings. The Balaban J connectivity index is 1.98. The summed E-state index contributed by atoms with van der Waals surface area (Å²) in [4.78, 5) is 13.2. The first-order chi connectivity index (χ1) is 7.96. The second-order valence-corrected chi connectivity index (χ2v) is 6.89. The molecule has 1 atom stereocenters. The van der Waals surface area contributed by atoms with E-state index in [0.29, 0.717) is 32.4 Å². The Morgan fingerprint density at radius 1 is 1.41 bits per heavy atom. The summed E-state index contributed by atoms with van der Waals surface area (Å²) >= 11 is 0. The highest BCUT2D eigenvalue weighted by molar-refractivity contribution is 7.91. The van der Waals surface area contributed by atoms with Crippen LogP contribution < -0.4 is 0 Å². The summed E-state index contributed by atoms with van der Waals surface area (Å²) in [5, 5.41) is 8.70. The minimum Gasteiger partial charge on any atom is -0.442 e. The van der Waals surface area contributed by atoms with Crippen LogP contribution in [0, 0.1) is 0 Å². The van der Waals surface area contributed by atoms with Gasteiger partial charge in [0, 0.05) is 32.5 Å². The van der Waals surface area contributed by atoms with Crippen LogP contribution in [0.2, 0.25) is 0 Å². The first kappa shape index (κ1) is 12.6. The van der Waals surface area contributed by atoms with Gasteiger partial charge in [-0.25, -0.2) is 13.2 Å². The molecule has 0 aliphatic carbocycles. The molecular weight excluding hydrogens is 246 g/mol. The molecule has 6 nitrogen and oxygen atoms in total. The van der Waals surface area contributed by atoms with E-state index in [-0.39, 0.29) is 18.1 Å². The molecule has 7 heteroatoms. The summed E-state index contributed by atoms with van der Waals surface area (Å²) < 4.78 is 28.2. The summed E-state index contributed by atoms with van der Waals surface area (Å²) in [6.07, 6.45) is 1.03. The SMILES string of the molecule is O=C1OC2(CCN1CCCO)CCS(=O)(=O)C2. The molecule has 1 N–H and O–H groups in total. The van der Waals surface area contributed by atoms with Crippen LogP contribution in [0.1, 0.15) is 19.3 Å². The van der Waals surface area contributed by atoms with E-state index in [1.807, 2.05) is 0 Å². The molecular formula is C10H17NO5S. The zero-order chi connectivity index (χ0) is 12.5. The van der Waals surface area contributed by atoms with Gasteiger partial charge in [0.25, 0.3) is 0 Å². The number of nitrogens with zero attached hydrogens (tertiary/aromatic N) is 1. The van der Waals surface area contributed by atoms with E-state index in [1.165, 1.54) is 4.90 Å². The van der Waals surface area contributed by atoms with Crippen molar-refractivity contribution in [3.8, 4) is 0 Å². The molecule has 0 aromatic heterocycles. The zero-order valence-electron chi connectivity index (χ0n) is 9.59. The number of ether oxygens (including phenoxy) is 1. The normalized spacial score (nSPS) is 31.8. The Hall–Kier alpha value is -0.820. The molecule has 2 fully saturated rings. The van der Waals surface area contributed by atoms with Crippen molar-refractivity contribution in [3.63, 3.8) is 0 Å². The quantitative estimate of drug-likeness (QED) is 0.760. The monoisotopic (exact) mass is 263 g/mol. The maximum atomic E-state index is 11.7. The van der Waals surface area contributed by atoms with Gasteiger partial charge >= 0.3 is 6.09 Å². The van der Waals surface area contributed by atoms with Crippen LogP contribution in [0.3, 0.4) is 0 Å². The van der Waals surface area contributed by atoms with Crippen LogP contribution in [-0.2, 0) is 14.6 Å². The molecule has 0 saturated carbocycles. The molecule has 2 rings (SSSR count). The van der Waals surface area contributed by atoms with Crippen LogP contribution in [0.4, 0.5) is 4.79 Å². The number of carbonyl (C=O) groups is 1. The fraction of sp³-hybridized carbons (Fsp3) is 0.900. The van der Waals surface area contributed by atoms with Gasteiger partial charge in [0.1, 0.15) is 5.60 Å². The Morgan fingerprint density at radius 3 is 2.71 bits per heavy atom. The van der Waals surface area contributed by atoms with Gasteiger partial charge < -0.3 is 14.7 Å². The Labute approximate surface area is 100 Å². The number of hydrogen-bond acceptors (Lipinski definition) is 5. The largest absolute Gasteiger partial charge is 0.442 e. The number of aliphatic hydroxyl groups is 1. The van der Waals surface area contributed by atoms with Gasteiger partial charge in [0.15, 0.2) is 9.84 Å². The molecule has 0 bridgehead atoms. The van der Waals surface area contributed by atoms with Crippen molar-refractivity contribution in [1.82, 2.24) is 4.90 Å². The lowest BCUT2D eigenvalue weighted by atomic mass is 9.97. The van der Waals surface area contributed by atoms with E-state index >= 15 is 0 Å². The van der Waals surface area contributed by atoms with Crippen molar-refractivity contribution in [1.29, 1.82) is 0 Å². The molecule has 1 unspecified atom stereocenters. The van der Waals surface area contributed by atoms with Crippen molar-refractivity contribution < 1.29 is 23.1 Å². The summed E-state index contributed by atoms with van der Waals surface area (Å²) in [7, 11) is -3.05. The number of carbonyl (C=O) groups excluding carboxylic acids is 1. The van der Waals surface area contributed by atoms with Crippen LogP contribution in [0.25, 0.3) is 0 Å². The minimum atomic E-state index is -3.05. The van der Waals surface area contributed by atoms with E-state index in [1.54, 1.807) is 0 Å². The first-order valence-electron chi connectivity index (χ1n) is 5.76. The van der Waals surface area contributed by atoms with Gasteiger partial charge in [-0.3, -0.25) is 0 Å². The molecule has 0 aromatic rings. The standard InChI is InChI=1S/C10H17NO5S/c12-6-1-4-11-5-2-10(16-9(11)13)3-7-17(14,15)8-10/h12H,1-8H2. The highest BCUT2D eigenvalue weighted by Crippen LogP contribution is 2.34. The molecule has 98 valence electrons. The van der Waals surface area contributed by atoms with Crippen molar-refractivity contribution in [3.05, 3.63) is 0 Å². The average molecular weight is 263 g/mol. The Morgan fingerprint density at radius 2 is 2.18 bits per heavy atom. The molecule has 0 aromatic carbocycles. The van der Waals surface area contributed by atoms with E-state index < -0.39 is 21.5 Å². The topological polar surface area (TPSA) is 83.9 Å². The second-order valence-electron chi connectivity index (χ2n) is 4.71. The Bertz CT molecular complexity index is 407. The second kappa shape index (κ2) is 4.45. The molecule has 2 aliphatic heterocycles. The van der Waals surface area contributed by atoms with Gasteiger partial charge in [-0.2, -0.15) is 0 Å². The molecule has 1 amide bonds. The maximum Gasteiger partial charge on any atom is 0.410 e. The van der Waals surface area contributed by atoms with Crippen LogP contribution >= 0.6 is 0 Å². The van der Waals surface area contributed by atoms with E-state index in [2.05, 4.69) is 0 Å². The smallest absolute Gasteiger partial charge is 0.410 e. The van der Waals surface area contributed by atoms with E-state index in [4.69, 9.17) is 9.84 Å². The van der Waals surface area contributed by atoms with Gasteiger partial charge in [-0.05, 0) is 6.42 Å². The number of amides is 1. The highest BCUT2D eigenvalue weighted by Gasteiger charge is 2.48. The van der Waals surface area contributed by atoms with Gasteiger partial charge in [0.05, 0.1) is 11.5 Å². The first-order valence-corrected chi connectivity index (χ1v) is 7.58. The molecule has 2 heterocycles. The van der Waals surface area contributed by atoms with Crippen molar-refractivity contribution >= 4 is 15.9 Å². The van der Waals surface area contributed by atoms with E-state index in [9.17, 15) is 13.2 Å². The predicted molar refractivity (Wildman–Crippen MR) is 60.4 cm³/mol. The number of sulfone groups is 1. The molecule has 2 saturated heterocycles. The molecule has 17 heavy (non-hydrogen) atoms. The van der Waals surface area contributed by atoms with Crippen molar-refractivity contribution in [2.24, 2.45) is 0 Å². The van der Waals surface area contributed by atoms with Crippen LogP contribution in [-0.4, -0.2) is 61.3 Å². The highest BCUT2D eigenvalue weighted by atomic mass is 32.2. The minimum absolute atomic E-state index is 0.0311. The molecule has 1 spiro atoms. The third-order valence-electron chi connectivity index (χ3n) is 3.34. The number of aliphatic hydroxyl groups excluding tert-OH is 1.